The number of rotatable bonds is 4. The molecule has 4 nitrogen and oxygen atoms in total. The molecule has 0 aliphatic carbocycles. The Morgan fingerprint density at radius 2 is 2.14 bits per heavy atom. The number of nitrogens with zero attached hydrogens (tertiary/aromatic N) is 1. The van der Waals surface area contributed by atoms with Gasteiger partial charge in [0.2, 0.25) is 10.0 Å². The van der Waals surface area contributed by atoms with Crippen molar-refractivity contribution in [2.75, 3.05) is 26.7 Å². The lowest BCUT2D eigenvalue weighted by Gasteiger charge is -2.27. The van der Waals surface area contributed by atoms with E-state index < -0.39 is 20.9 Å². The standard InChI is InChI=1S/C13H17Cl2FN2O2S/c1-18(8-9-3-2-6-17-7-9)21(19,20)11-5-4-10(14)13(16)12(11)15/h4-5,9,17H,2-3,6-8H2,1H3. The van der Waals surface area contributed by atoms with Gasteiger partial charge in [-0.3, -0.25) is 0 Å². The van der Waals surface area contributed by atoms with Crippen LogP contribution in [0.4, 0.5) is 4.39 Å². The van der Waals surface area contributed by atoms with E-state index in [9.17, 15) is 12.8 Å². The second kappa shape index (κ2) is 6.79. The van der Waals surface area contributed by atoms with Gasteiger partial charge in [0.1, 0.15) is 4.90 Å². The smallest absolute Gasteiger partial charge is 0.244 e. The number of sulfonamides is 1. The summed E-state index contributed by atoms with van der Waals surface area (Å²) in [6.45, 7) is 2.11. The lowest BCUT2D eigenvalue weighted by Crippen LogP contribution is -2.39. The molecule has 1 fully saturated rings. The SMILES string of the molecule is CN(CC1CCCNC1)S(=O)(=O)c1ccc(Cl)c(F)c1Cl. The summed E-state index contributed by atoms with van der Waals surface area (Å²) in [6, 6.07) is 2.43. The van der Waals surface area contributed by atoms with Crippen molar-refractivity contribution >= 4 is 33.2 Å². The first-order chi connectivity index (χ1) is 9.84. The number of benzene rings is 1. The van der Waals surface area contributed by atoms with E-state index in [1.807, 2.05) is 0 Å². The molecule has 1 aliphatic rings. The number of hydrogen-bond donors (Lipinski definition) is 1. The molecule has 0 amide bonds. The van der Waals surface area contributed by atoms with Crippen LogP contribution in [0.2, 0.25) is 10.0 Å². The van der Waals surface area contributed by atoms with Gasteiger partial charge < -0.3 is 5.32 Å². The zero-order valence-corrected chi connectivity index (χ0v) is 13.9. The Balaban J connectivity index is 2.22. The van der Waals surface area contributed by atoms with Crippen LogP contribution < -0.4 is 5.32 Å². The summed E-state index contributed by atoms with van der Waals surface area (Å²) in [5, 5.41) is 2.58. The van der Waals surface area contributed by atoms with Crippen LogP contribution in [0.5, 0.6) is 0 Å². The molecule has 1 atom stereocenters. The molecule has 2 rings (SSSR count). The van der Waals surface area contributed by atoms with E-state index in [2.05, 4.69) is 5.32 Å². The second-order valence-corrected chi connectivity index (χ2v) is 7.97. The summed E-state index contributed by atoms with van der Waals surface area (Å²) in [5.41, 5.74) is 0. The number of halogens is 3. The van der Waals surface area contributed by atoms with Crippen molar-refractivity contribution in [2.24, 2.45) is 5.92 Å². The van der Waals surface area contributed by atoms with Crippen molar-refractivity contribution in [3.8, 4) is 0 Å². The van der Waals surface area contributed by atoms with Crippen molar-refractivity contribution in [1.82, 2.24) is 9.62 Å². The Labute approximate surface area is 134 Å². The third-order valence-corrected chi connectivity index (χ3v) is 6.24. The number of nitrogens with one attached hydrogen (secondary N) is 1. The van der Waals surface area contributed by atoms with Gasteiger partial charge in [0, 0.05) is 13.6 Å². The van der Waals surface area contributed by atoms with Gasteiger partial charge >= 0.3 is 0 Å². The van der Waals surface area contributed by atoms with Gasteiger partial charge in [0.05, 0.1) is 10.0 Å². The molecular weight excluding hydrogens is 338 g/mol. The molecule has 1 unspecified atom stereocenters. The molecule has 0 spiro atoms. The molecule has 1 aromatic carbocycles. The topological polar surface area (TPSA) is 49.4 Å². The average Bonchev–Trinajstić information content (AvgIpc) is 2.45. The summed E-state index contributed by atoms with van der Waals surface area (Å²) >= 11 is 11.4. The molecule has 1 heterocycles. The number of hydrogen-bond acceptors (Lipinski definition) is 3. The third-order valence-electron chi connectivity index (χ3n) is 3.60. The summed E-state index contributed by atoms with van der Waals surface area (Å²) in [6.07, 6.45) is 1.99. The van der Waals surface area contributed by atoms with Crippen molar-refractivity contribution in [1.29, 1.82) is 0 Å². The minimum absolute atomic E-state index is 0.196. The minimum Gasteiger partial charge on any atom is -0.316 e. The Hall–Kier alpha value is -0.400. The van der Waals surface area contributed by atoms with Crippen LogP contribution in [0.25, 0.3) is 0 Å². The summed E-state index contributed by atoms with van der Waals surface area (Å²) in [5.74, 6) is -0.665. The zero-order chi connectivity index (χ0) is 15.6. The summed E-state index contributed by atoms with van der Waals surface area (Å²) < 4.78 is 39.9. The summed E-state index contributed by atoms with van der Waals surface area (Å²) in [4.78, 5) is -0.252. The van der Waals surface area contributed by atoms with Crippen LogP contribution in [-0.2, 0) is 10.0 Å². The van der Waals surface area contributed by atoms with Crippen LogP contribution in [0.3, 0.4) is 0 Å². The Kier molecular flexibility index (Phi) is 5.48. The zero-order valence-electron chi connectivity index (χ0n) is 11.6. The highest BCUT2D eigenvalue weighted by Gasteiger charge is 2.28. The predicted molar refractivity (Wildman–Crippen MR) is 81.8 cm³/mol. The van der Waals surface area contributed by atoms with Crippen LogP contribution in [0.1, 0.15) is 12.8 Å². The van der Waals surface area contributed by atoms with Crippen molar-refractivity contribution in [3.05, 3.63) is 28.0 Å². The molecule has 1 saturated heterocycles. The maximum absolute atomic E-state index is 13.7. The van der Waals surface area contributed by atoms with Gasteiger partial charge in [-0.15, -0.1) is 0 Å². The molecule has 0 aromatic heterocycles. The van der Waals surface area contributed by atoms with E-state index in [4.69, 9.17) is 23.2 Å². The molecule has 1 aliphatic heterocycles. The fourth-order valence-electron chi connectivity index (χ4n) is 2.42. The van der Waals surface area contributed by atoms with Crippen LogP contribution in [0, 0.1) is 11.7 Å². The lowest BCUT2D eigenvalue weighted by atomic mass is 10.00. The average molecular weight is 355 g/mol. The highest BCUT2D eigenvalue weighted by Crippen LogP contribution is 2.31. The first-order valence-electron chi connectivity index (χ1n) is 6.64. The maximum Gasteiger partial charge on any atom is 0.244 e. The van der Waals surface area contributed by atoms with Gasteiger partial charge in [-0.1, -0.05) is 23.2 Å². The van der Waals surface area contributed by atoms with Crippen LogP contribution in [-0.4, -0.2) is 39.4 Å². The van der Waals surface area contributed by atoms with Gasteiger partial charge in [-0.2, -0.15) is 0 Å². The van der Waals surface area contributed by atoms with E-state index in [1.165, 1.54) is 23.5 Å². The fraction of sp³-hybridized carbons (Fsp3) is 0.538. The molecule has 1 N–H and O–H groups in total. The van der Waals surface area contributed by atoms with Gasteiger partial charge in [-0.05, 0) is 44.0 Å². The normalized spacial score (nSPS) is 20.0. The third kappa shape index (κ3) is 3.68. The van der Waals surface area contributed by atoms with Gasteiger partial charge in [0.25, 0.3) is 0 Å². The van der Waals surface area contributed by atoms with Gasteiger partial charge in [-0.25, -0.2) is 17.1 Å². The lowest BCUT2D eigenvalue weighted by molar-refractivity contribution is 0.314. The summed E-state index contributed by atoms with van der Waals surface area (Å²) in [7, 11) is -2.35. The maximum atomic E-state index is 13.7. The highest BCUT2D eigenvalue weighted by atomic mass is 35.5. The first-order valence-corrected chi connectivity index (χ1v) is 8.84. The molecule has 0 saturated carbocycles. The predicted octanol–water partition coefficient (Wildman–Crippen LogP) is 2.75. The Morgan fingerprint density at radius 1 is 1.43 bits per heavy atom. The quantitative estimate of drug-likeness (QED) is 0.845. The first kappa shape index (κ1) is 17.0. The molecule has 8 heteroatoms. The van der Waals surface area contributed by atoms with Crippen LogP contribution >= 0.6 is 23.2 Å². The van der Waals surface area contributed by atoms with E-state index in [0.717, 1.165) is 25.9 Å². The minimum atomic E-state index is -3.83. The Bertz CT molecular complexity index is 619. The van der Waals surface area contributed by atoms with E-state index in [-0.39, 0.29) is 15.8 Å². The number of piperidine rings is 1. The van der Waals surface area contributed by atoms with E-state index >= 15 is 0 Å². The monoisotopic (exact) mass is 354 g/mol. The van der Waals surface area contributed by atoms with Gasteiger partial charge in [0.15, 0.2) is 5.82 Å². The molecule has 1 aromatic rings. The van der Waals surface area contributed by atoms with Crippen molar-refractivity contribution in [2.45, 2.75) is 17.7 Å². The van der Waals surface area contributed by atoms with E-state index in [0.29, 0.717) is 6.54 Å². The molecule has 0 radical (unpaired) electrons. The van der Waals surface area contributed by atoms with Crippen molar-refractivity contribution < 1.29 is 12.8 Å². The molecule has 118 valence electrons. The highest BCUT2D eigenvalue weighted by molar-refractivity contribution is 7.89. The van der Waals surface area contributed by atoms with Crippen LogP contribution in [0.15, 0.2) is 17.0 Å². The molecular formula is C13H17Cl2FN2O2S. The van der Waals surface area contributed by atoms with E-state index in [1.54, 1.807) is 0 Å². The fourth-order valence-corrected chi connectivity index (χ4v) is 4.38. The molecule has 21 heavy (non-hydrogen) atoms. The largest absolute Gasteiger partial charge is 0.316 e. The molecule has 0 bridgehead atoms. The second-order valence-electron chi connectivity index (χ2n) is 5.17. The Morgan fingerprint density at radius 3 is 2.76 bits per heavy atom. The van der Waals surface area contributed by atoms with Crippen molar-refractivity contribution in [3.63, 3.8) is 0 Å².